The predicted octanol–water partition coefficient (Wildman–Crippen LogP) is 3.40. The lowest BCUT2D eigenvalue weighted by Gasteiger charge is -2.22. The van der Waals surface area contributed by atoms with Crippen LogP contribution >= 0.6 is 27.7 Å². The molecular formula is C10H15BrN2S. The Morgan fingerprint density at radius 1 is 1.57 bits per heavy atom. The Labute approximate surface area is 98.0 Å². The molecule has 2 nitrogen and oxygen atoms in total. The third-order valence-corrected chi connectivity index (χ3v) is 3.88. The van der Waals surface area contributed by atoms with E-state index in [-0.39, 0.29) is 4.75 Å². The molecule has 0 amide bonds. The van der Waals surface area contributed by atoms with Crippen LogP contribution in [0, 0.1) is 0 Å². The van der Waals surface area contributed by atoms with E-state index in [0.29, 0.717) is 0 Å². The number of hydrogen-bond acceptors (Lipinski definition) is 3. The lowest BCUT2D eigenvalue weighted by molar-refractivity contribution is 0.750. The molecule has 0 unspecified atom stereocenters. The van der Waals surface area contributed by atoms with Gasteiger partial charge in [-0.05, 0) is 48.2 Å². The number of nitrogens with one attached hydrogen (secondary N) is 1. The first kappa shape index (κ1) is 11.9. The first-order valence-corrected chi connectivity index (χ1v) is 6.46. The zero-order valence-electron chi connectivity index (χ0n) is 8.67. The maximum Gasteiger partial charge on any atom is 0.140 e. The average Bonchev–Trinajstić information content (AvgIpc) is 2.17. The van der Waals surface area contributed by atoms with Crippen molar-refractivity contribution in [3.8, 4) is 0 Å². The molecule has 1 heterocycles. The molecule has 0 aliphatic carbocycles. The van der Waals surface area contributed by atoms with E-state index >= 15 is 0 Å². The molecule has 1 aromatic heterocycles. The molecule has 1 rings (SSSR count). The summed E-state index contributed by atoms with van der Waals surface area (Å²) < 4.78 is 1.24. The number of thioether (sulfide) groups is 1. The molecule has 0 aliphatic rings. The highest BCUT2D eigenvalue weighted by atomic mass is 79.9. The molecule has 0 spiro atoms. The smallest absolute Gasteiger partial charge is 0.140 e. The van der Waals surface area contributed by atoms with Gasteiger partial charge in [0.2, 0.25) is 0 Å². The lowest BCUT2D eigenvalue weighted by Crippen LogP contribution is -2.26. The molecule has 14 heavy (non-hydrogen) atoms. The highest BCUT2D eigenvalue weighted by Crippen LogP contribution is 2.23. The Morgan fingerprint density at radius 3 is 2.86 bits per heavy atom. The van der Waals surface area contributed by atoms with E-state index in [1.807, 2.05) is 23.9 Å². The van der Waals surface area contributed by atoms with E-state index in [2.05, 4.69) is 46.3 Å². The van der Waals surface area contributed by atoms with Gasteiger partial charge in [0, 0.05) is 17.5 Å². The normalized spacial score (nSPS) is 11.4. The number of aromatic nitrogens is 1. The topological polar surface area (TPSA) is 24.9 Å². The minimum atomic E-state index is 0.233. The van der Waals surface area contributed by atoms with Crippen LogP contribution in [0.3, 0.4) is 0 Å². The fourth-order valence-corrected chi connectivity index (χ4v) is 1.50. The standard InChI is InChI=1S/C10H15BrN2S/c1-10(2,14-3)7-13-9-8(11)5-4-6-12-9/h4-6H,7H2,1-3H3,(H,12,13). The number of anilines is 1. The monoisotopic (exact) mass is 274 g/mol. The number of rotatable bonds is 4. The molecule has 0 atom stereocenters. The van der Waals surface area contributed by atoms with Gasteiger partial charge in [0.25, 0.3) is 0 Å². The lowest BCUT2D eigenvalue weighted by atomic mass is 10.2. The summed E-state index contributed by atoms with van der Waals surface area (Å²) in [4.78, 5) is 4.25. The van der Waals surface area contributed by atoms with Gasteiger partial charge in [-0.2, -0.15) is 11.8 Å². The first-order valence-electron chi connectivity index (χ1n) is 4.45. The van der Waals surface area contributed by atoms with Gasteiger partial charge in [0.05, 0.1) is 4.47 Å². The number of pyridine rings is 1. The Hall–Kier alpha value is -0.220. The SMILES string of the molecule is CSC(C)(C)CNc1ncccc1Br. The van der Waals surface area contributed by atoms with Crippen LogP contribution in [0.2, 0.25) is 0 Å². The summed E-state index contributed by atoms with van der Waals surface area (Å²) in [6.45, 7) is 5.33. The molecular weight excluding hydrogens is 260 g/mol. The Balaban J connectivity index is 2.58. The van der Waals surface area contributed by atoms with E-state index in [1.165, 1.54) is 0 Å². The molecule has 0 bridgehead atoms. The largest absolute Gasteiger partial charge is 0.368 e. The summed E-state index contributed by atoms with van der Waals surface area (Å²) >= 11 is 5.30. The highest BCUT2D eigenvalue weighted by Gasteiger charge is 2.15. The molecule has 0 saturated heterocycles. The third-order valence-electron chi connectivity index (χ3n) is 1.99. The van der Waals surface area contributed by atoms with Crippen LogP contribution in [0.4, 0.5) is 5.82 Å². The molecule has 0 fully saturated rings. The zero-order valence-corrected chi connectivity index (χ0v) is 11.1. The van der Waals surface area contributed by atoms with Crippen molar-refractivity contribution in [2.45, 2.75) is 18.6 Å². The minimum Gasteiger partial charge on any atom is -0.368 e. The maximum absolute atomic E-state index is 4.25. The Morgan fingerprint density at radius 2 is 2.29 bits per heavy atom. The van der Waals surface area contributed by atoms with Crippen LogP contribution in [-0.4, -0.2) is 22.5 Å². The summed E-state index contributed by atoms with van der Waals surface area (Å²) in [6.07, 6.45) is 3.91. The van der Waals surface area contributed by atoms with Gasteiger partial charge in [-0.1, -0.05) is 0 Å². The summed E-state index contributed by atoms with van der Waals surface area (Å²) in [5, 5.41) is 3.33. The molecule has 0 radical (unpaired) electrons. The molecule has 1 aromatic rings. The van der Waals surface area contributed by atoms with Gasteiger partial charge < -0.3 is 5.32 Å². The fraction of sp³-hybridized carbons (Fsp3) is 0.500. The van der Waals surface area contributed by atoms with Gasteiger partial charge in [0.1, 0.15) is 5.82 Å². The van der Waals surface area contributed by atoms with Crippen molar-refractivity contribution < 1.29 is 0 Å². The van der Waals surface area contributed by atoms with Crippen molar-refractivity contribution in [3.63, 3.8) is 0 Å². The summed E-state index contributed by atoms with van der Waals surface area (Å²) in [6, 6.07) is 3.90. The quantitative estimate of drug-likeness (QED) is 0.911. The van der Waals surface area contributed by atoms with E-state index in [4.69, 9.17) is 0 Å². The molecule has 4 heteroatoms. The van der Waals surface area contributed by atoms with Crippen LogP contribution in [0.15, 0.2) is 22.8 Å². The van der Waals surface area contributed by atoms with Crippen molar-refractivity contribution in [1.82, 2.24) is 4.98 Å². The van der Waals surface area contributed by atoms with Crippen molar-refractivity contribution in [2.75, 3.05) is 18.1 Å². The first-order chi connectivity index (χ1) is 6.55. The van der Waals surface area contributed by atoms with Crippen LogP contribution in [0.1, 0.15) is 13.8 Å². The minimum absolute atomic E-state index is 0.233. The molecule has 0 saturated carbocycles. The van der Waals surface area contributed by atoms with Crippen LogP contribution < -0.4 is 5.32 Å². The van der Waals surface area contributed by atoms with Crippen molar-refractivity contribution in [3.05, 3.63) is 22.8 Å². The van der Waals surface area contributed by atoms with E-state index < -0.39 is 0 Å². The second-order valence-corrected chi connectivity index (χ2v) is 6.02. The van der Waals surface area contributed by atoms with Gasteiger partial charge >= 0.3 is 0 Å². The van der Waals surface area contributed by atoms with Gasteiger partial charge in [-0.3, -0.25) is 0 Å². The fourth-order valence-electron chi connectivity index (χ4n) is 0.885. The summed E-state index contributed by atoms with van der Waals surface area (Å²) in [5.41, 5.74) is 0. The van der Waals surface area contributed by atoms with Crippen molar-refractivity contribution >= 4 is 33.5 Å². The molecule has 0 aromatic carbocycles. The Kier molecular flexibility index (Phi) is 4.26. The maximum atomic E-state index is 4.25. The van der Waals surface area contributed by atoms with Crippen LogP contribution in [0.25, 0.3) is 0 Å². The van der Waals surface area contributed by atoms with Gasteiger partial charge in [-0.25, -0.2) is 4.98 Å². The van der Waals surface area contributed by atoms with Crippen molar-refractivity contribution in [1.29, 1.82) is 0 Å². The van der Waals surface area contributed by atoms with E-state index in [1.54, 1.807) is 6.20 Å². The zero-order chi connectivity index (χ0) is 10.6. The van der Waals surface area contributed by atoms with Crippen LogP contribution in [0.5, 0.6) is 0 Å². The van der Waals surface area contributed by atoms with Crippen molar-refractivity contribution in [2.24, 2.45) is 0 Å². The number of halogens is 1. The number of hydrogen-bond donors (Lipinski definition) is 1. The second kappa shape index (κ2) is 5.03. The second-order valence-electron chi connectivity index (χ2n) is 3.65. The van der Waals surface area contributed by atoms with Gasteiger partial charge in [0.15, 0.2) is 0 Å². The number of nitrogens with zero attached hydrogens (tertiary/aromatic N) is 1. The summed E-state index contributed by atoms with van der Waals surface area (Å²) in [5.74, 6) is 0.912. The molecule has 78 valence electrons. The summed E-state index contributed by atoms with van der Waals surface area (Å²) in [7, 11) is 0. The predicted molar refractivity (Wildman–Crippen MR) is 68.0 cm³/mol. The third kappa shape index (κ3) is 3.50. The molecule has 0 aliphatic heterocycles. The highest BCUT2D eigenvalue weighted by molar-refractivity contribution is 9.10. The van der Waals surface area contributed by atoms with E-state index in [9.17, 15) is 0 Å². The van der Waals surface area contributed by atoms with E-state index in [0.717, 1.165) is 16.8 Å². The van der Waals surface area contributed by atoms with Gasteiger partial charge in [-0.15, -0.1) is 0 Å². The van der Waals surface area contributed by atoms with Crippen LogP contribution in [-0.2, 0) is 0 Å². The molecule has 1 N–H and O–H groups in total. The Bertz CT molecular complexity index is 302. The average molecular weight is 275 g/mol.